The van der Waals surface area contributed by atoms with Crippen molar-refractivity contribution < 1.29 is 9.53 Å². The van der Waals surface area contributed by atoms with E-state index in [1.54, 1.807) is 0 Å². The van der Waals surface area contributed by atoms with E-state index < -0.39 is 0 Å². The Morgan fingerprint density at radius 2 is 2.21 bits per heavy atom. The molecule has 1 unspecified atom stereocenters. The number of aryl methyl sites for hydroxylation is 1. The van der Waals surface area contributed by atoms with Gasteiger partial charge in [-0.15, -0.1) is 0 Å². The number of rotatable bonds is 5. The number of fused-ring (bicyclic) bond motifs is 1. The Morgan fingerprint density at radius 1 is 1.42 bits per heavy atom. The summed E-state index contributed by atoms with van der Waals surface area (Å²) >= 11 is 0. The lowest BCUT2D eigenvalue weighted by molar-refractivity contribution is -0.145. The second-order valence-corrected chi connectivity index (χ2v) is 4.69. The third-order valence-electron chi connectivity index (χ3n) is 3.21. The van der Waals surface area contributed by atoms with E-state index in [2.05, 4.69) is 16.9 Å². The molecular formula is C15H20N2O2. The summed E-state index contributed by atoms with van der Waals surface area (Å²) in [6.45, 7) is 6.30. The zero-order chi connectivity index (χ0) is 13.8. The Bertz CT molecular complexity index is 575. The van der Waals surface area contributed by atoms with Crippen LogP contribution < -0.4 is 0 Å². The predicted octanol–water partition coefficient (Wildman–Crippen LogP) is 3.32. The maximum Gasteiger partial charge on any atom is 0.316 e. The fraction of sp³-hybridized carbons (Fsp3) is 0.467. The average Bonchev–Trinajstić information content (AvgIpc) is 2.81. The van der Waals surface area contributed by atoms with Crippen LogP contribution in [0.15, 0.2) is 18.2 Å². The summed E-state index contributed by atoms with van der Waals surface area (Å²) in [5.41, 5.74) is 3.02. The Balaban J connectivity index is 2.38. The molecule has 0 aliphatic rings. The van der Waals surface area contributed by atoms with Gasteiger partial charge in [0.1, 0.15) is 11.7 Å². The molecule has 0 fully saturated rings. The minimum Gasteiger partial charge on any atom is -0.465 e. The predicted molar refractivity (Wildman–Crippen MR) is 75.1 cm³/mol. The van der Waals surface area contributed by atoms with Crippen molar-refractivity contribution in [2.75, 3.05) is 6.61 Å². The number of nitrogens with zero attached hydrogens (tertiary/aromatic N) is 1. The van der Waals surface area contributed by atoms with Crippen LogP contribution in [0.2, 0.25) is 0 Å². The van der Waals surface area contributed by atoms with Gasteiger partial charge in [0.05, 0.1) is 17.6 Å². The minimum atomic E-state index is -0.295. The van der Waals surface area contributed by atoms with Gasteiger partial charge in [-0.3, -0.25) is 4.79 Å². The summed E-state index contributed by atoms with van der Waals surface area (Å²) in [7, 11) is 0. The van der Waals surface area contributed by atoms with Crippen LogP contribution in [-0.4, -0.2) is 22.5 Å². The summed E-state index contributed by atoms with van der Waals surface area (Å²) in [6.07, 6.45) is 1.66. The highest BCUT2D eigenvalue weighted by Crippen LogP contribution is 2.24. The lowest BCUT2D eigenvalue weighted by Crippen LogP contribution is -2.17. The molecule has 0 saturated heterocycles. The first kappa shape index (κ1) is 13.6. The molecule has 0 radical (unpaired) electrons. The van der Waals surface area contributed by atoms with E-state index in [0.29, 0.717) is 12.4 Å². The molecule has 1 aromatic carbocycles. The molecule has 0 aliphatic heterocycles. The van der Waals surface area contributed by atoms with E-state index in [1.165, 1.54) is 0 Å². The smallest absolute Gasteiger partial charge is 0.316 e. The normalized spacial score (nSPS) is 12.6. The topological polar surface area (TPSA) is 55.0 Å². The van der Waals surface area contributed by atoms with Crippen LogP contribution in [0.5, 0.6) is 0 Å². The van der Waals surface area contributed by atoms with Crippen LogP contribution in [0, 0.1) is 6.92 Å². The van der Waals surface area contributed by atoms with Gasteiger partial charge in [-0.25, -0.2) is 4.98 Å². The number of esters is 1. The maximum atomic E-state index is 12.0. The van der Waals surface area contributed by atoms with Gasteiger partial charge in [0.15, 0.2) is 0 Å². The molecule has 1 heterocycles. The molecule has 2 aromatic rings. The van der Waals surface area contributed by atoms with Gasteiger partial charge in [0, 0.05) is 0 Å². The van der Waals surface area contributed by atoms with Crippen molar-refractivity contribution in [3.8, 4) is 0 Å². The lowest BCUT2D eigenvalue weighted by Gasteiger charge is -2.11. The number of hydrogen-bond donors (Lipinski definition) is 1. The first-order valence-corrected chi connectivity index (χ1v) is 6.79. The number of aromatic amines is 1. The number of carbonyl (C=O) groups excluding carboxylic acids is 1. The van der Waals surface area contributed by atoms with Crippen molar-refractivity contribution in [2.24, 2.45) is 0 Å². The van der Waals surface area contributed by atoms with Crippen LogP contribution in [-0.2, 0) is 9.53 Å². The fourth-order valence-electron chi connectivity index (χ4n) is 2.26. The summed E-state index contributed by atoms with van der Waals surface area (Å²) in [5, 5.41) is 0. The molecule has 102 valence electrons. The molecule has 0 aliphatic carbocycles. The van der Waals surface area contributed by atoms with E-state index in [9.17, 15) is 4.79 Å². The van der Waals surface area contributed by atoms with Gasteiger partial charge < -0.3 is 9.72 Å². The van der Waals surface area contributed by atoms with E-state index in [1.807, 2.05) is 32.0 Å². The lowest BCUT2D eigenvalue weighted by atomic mass is 10.0. The summed E-state index contributed by atoms with van der Waals surface area (Å²) in [4.78, 5) is 19.8. The second kappa shape index (κ2) is 5.87. The van der Waals surface area contributed by atoms with E-state index in [4.69, 9.17) is 4.74 Å². The number of ether oxygens (including phenoxy) is 1. The Morgan fingerprint density at radius 3 is 2.84 bits per heavy atom. The van der Waals surface area contributed by atoms with Gasteiger partial charge >= 0.3 is 5.97 Å². The molecular weight excluding hydrogens is 240 g/mol. The van der Waals surface area contributed by atoms with Crippen LogP contribution in [0.4, 0.5) is 0 Å². The van der Waals surface area contributed by atoms with E-state index in [-0.39, 0.29) is 11.9 Å². The number of H-pyrrole nitrogens is 1. The largest absolute Gasteiger partial charge is 0.465 e. The highest BCUT2D eigenvalue weighted by Gasteiger charge is 2.24. The number of aromatic nitrogens is 2. The molecule has 1 atom stereocenters. The first-order valence-electron chi connectivity index (χ1n) is 6.79. The van der Waals surface area contributed by atoms with Crippen molar-refractivity contribution in [1.29, 1.82) is 0 Å². The van der Waals surface area contributed by atoms with Crippen molar-refractivity contribution in [1.82, 2.24) is 9.97 Å². The van der Waals surface area contributed by atoms with Gasteiger partial charge in [0.25, 0.3) is 0 Å². The van der Waals surface area contributed by atoms with Crippen LogP contribution in [0.1, 0.15) is 44.0 Å². The highest BCUT2D eigenvalue weighted by molar-refractivity contribution is 5.82. The number of imidazole rings is 1. The molecule has 0 amide bonds. The second-order valence-electron chi connectivity index (χ2n) is 4.69. The quantitative estimate of drug-likeness (QED) is 0.839. The zero-order valence-corrected chi connectivity index (χ0v) is 11.7. The van der Waals surface area contributed by atoms with Crippen molar-refractivity contribution in [3.63, 3.8) is 0 Å². The molecule has 4 heteroatoms. The monoisotopic (exact) mass is 260 g/mol. The SMILES string of the molecule is CCCC(C(=O)OCC)c1nc2c(C)cccc2[nH]1. The first-order chi connectivity index (χ1) is 9.17. The van der Waals surface area contributed by atoms with Gasteiger partial charge in [-0.1, -0.05) is 25.5 Å². The van der Waals surface area contributed by atoms with Crippen molar-refractivity contribution in [3.05, 3.63) is 29.6 Å². The number of para-hydroxylation sites is 1. The Hall–Kier alpha value is -1.84. The standard InChI is InChI=1S/C15H20N2O2/c1-4-7-11(15(18)19-5-2)14-16-12-9-6-8-10(3)13(12)17-14/h6,8-9,11H,4-5,7H2,1-3H3,(H,16,17). The molecule has 0 bridgehead atoms. The van der Waals surface area contributed by atoms with Crippen LogP contribution >= 0.6 is 0 Å². The molecule has 0 spiro atoms. The summed E-state index contributed by atoms with van der Waals surface area (Å²) < 4.78 is 5.14. The molecule has 19 heavy (non-hydrogen) atoms. The average molecular weight is 260 g/mol. The van der Waals surface area contributed by atoms with Crippen LogP contribution in [0.25, 0.3) is 11.0 Å². The van der Waals surface area contributed by atoms with Gasteiger partial charge in [-0.2, -0.15) is 0 Å². The number of carbonyl (C=O) groups is 1. The Labute approximate surface area is 113 Å². The van der Waals surface area contributed by atoms with Crippen LogP contribution in [0.3, 0.4) is 0 Å². The Kier molecular flexibility index (Phi) is 4.20. The van der Waals surface area contributed by atoms with E-state index in [0.717, 1.165) is 29.4 Å². The molecule has 4 nitrogen and oxygen atoms in total. The third kappa shape index (κ3) is 2.78. The van der Waals surface area contributed by atoms with E-state index >= 15 is 0 Å². The summed E-state index contributed by atoms with van der Waals surface area (Å²) in [6, 6.07) is 5.98. The minimum absolute atomic E-state index is 0.193. The van der Waals surface area contributed by atoms with Crippen molar-refractivity contribution in [2.45, 2.75) is 39.5 Å². The van der Waals surface area contributed by atoms with Gasteiger partial charge in [-0.05, 0) is 31.9 Å². The maximum absolute atomic E-state index is 12.0. The molecule has 0 saturated carbocycles. The van der Waals surface area contributed by atoms with Gasteiger partial charge in [0.2, 0.25) is 0 Å². The third-order valence-corrected chi connectivity index (χ3v) is 3.21. The number of hydrogen-bond acceptors (Lipinski definition) is 3. The van der Waals surface area contributed by atoms with Crippen molar-refractivity contribution >= 4 is 17.0 Å². The number of nitrogens with one attached hydrogen (secondary N) is 1. The summed E-state index contributed by atoms with van der Waals surface area (Å²) in [5.74, 6) is 0.224. The molecule has 1 N–H and O–H groups in total. The molecule has 1 aromatic heterocycles. The number of benzene rings is 1. The highest BCUT2D eigenvalue weighted by atomic mass is 16.5. The zero-order valence-electron chi connectivity index (χ0n) is 11.7. The fourth-order valence-corrected chi connectivity index (χ4v) is 2.26. The molecule has 2 rings (SSSR count).